The van der Waals surface area contributed by atoms with Crippen molar-refractivity contribution in [2.24, 2.45) is 12.8 Å². The minimum atomic E-state index is -0.318. The summed E-state index contributed by atoms with van der Waals surface area (Å²) in [6.07, 6.45) is 0. The van der Waals surface area contributed by atoms with Crippen LogP contribution in [0.2, 0.25) is 0 Å². The van der Waals surface area contributed by atoms with Crippen LogP contribution in [0.3, 0.4) is 0 Å². The van der Waals surface area contributed by atoms with Crippen molar-refractivity contribution in [1.29, 1.82) is 0 Å². The number of hydrogen-bond donors (Lipinski definition) is 2. The van der Waals surface area contributed by atoms with Crippen molar-refractivity contribution in [2.75, 3.05) is 6.61 Å². The summed E-state index contributed by atoms with van der Waals surface area (Å²) in [7, 11) is 1.96. The second kappa shape index (κ2) is 3.96. The van der Waals surface area contributed by atoms with Gasteiger partial charge >= 0.3 is 0 Å². The van der Waals surface area contributed by atoms with Crippen LogP contribution in [0.4, 0.5) is 0 Å². The van der Waals surface area contributed by atoms with Crippen LogP contribution in [0.15, 0.2) is 28.7 Å². The lowest BCUT2D eigenvalue weighted by atomic mass is 10.2. The van der Waals surface area contributed by atoms with Gasteiger partial charge in [-0.1, -0.05) is 15.9 Å². The lowest BCUT2D eigenvalue weighted by Crippen LogP contribution is -2.17. The Morgan fingerprint density at radius 2 is 2.20 bits per heavy atom. The first-order chi connectivity index (χ1) is 7.13. The molecule has 15 heavy (non-hydrogen) atoms. The van der Waals surface area contributed by atoms with Crippen molar-refractivity contribution >= 4 is 26.8 Å². The molecule has 4 heteroatoms. The van der Waals surface area contributed by atoms with E-state index in [9.17, 15) is 0 Å². The van der Waals surface area contributed by atoms with Gasteiger partial charge in [0.2, 0.25) is 0 Å². The van der Waals surface area contributed by atoms with Crippen LogP contribution in [0.1, 0.15) is 11.7 Å². The van der Waals surface area contributed by atoms with Crippen LogP contribution in [0.25, 0.3) is 10.9 Å². The summed E-state index contributed by atoms with van der Waals surface area (Å²) >= 11 is 3.43. The first kappa shape index (κ1) is 10.7. The third kappa shape index (κ3) is 1.80. The Kier molecular flexibility index (Phi) is 2.82. The van der Waals surface area contributed by atoms with E-state index in [-0.39, 0.29) is 12.6 Å². The first-order valence-electron chi connectivity index (χ1n) is 4.75. The van der Waals surface area contributed by atoms with Crippen molar-refractivity contribution in [3.05, 3.63) is 34.4 Å². The van der Waals surface area contributed by atoms with Gasteiger partial charge in [0.25, 0.3) is 0 Å². The van der Waals surface area contributed by atoms with Gasteiger partial charge in [0.05, 0.1) is 12.6 Å². The Balaban J connectivity index is 2.63. The van der Waals surface area contributed by atoms with E-state index >= 15 is 0 Å². The summed E-state index contributed by atoms with van der Waals surface area (Å²) in [4.78, 5) is 0. The van der Waals surface area contributed by atoms with Gasteiger partial charge in [-0.25, -0.2) is 0 Å². The molecule has 0 aliphatic heterocycles. The van der Waals surface area contributed by atoms with Crippen LogP contribution in [0, 0.1) is 0 Å². The molecule has 0 radical (unpaired) electrons. The predicted molar refractivity (Wildman–Crippen MR) is 64.6 cm³/mol. The number of nitrogens with zero attached hydrogens (tertiary/aromatic N) is 1. The predicted octanol–water partition coefficient (Wildman–Crippen LogP) is 1.93. The molecule has 1 unspecified atom stereocenters. The summed E-state index contributed by atoms with van der Waals surface area (Å²) in [5.41, 5.74) is 7.89. The monoisotopic (exact) mass is 268 g/mol. The second-order valence-electron chi connectivity index (χ2n) is 3.62. The zero-order valence-corrected chi connectivity index (χ0v) is 10.0. The van der Waals surface area contributed by atoms with Crippen molar-refractivity contribution < 1.29 is 5.11 Å². The highest BCUT2D eigenvalue weighted by atomic mass is 79.9. The SMILES string of the molecule is Cn1c(C(N)CO)cc2cc(Br)ccc21. The normalized spacial score (nSPS) is 13.3. The van der Waals surface area contributed by atoms with Crippen LogP contribution >= 0.6 is 15.9 Å². The Morgan fingerprint density at radius 3 is 2.87 bits per heavy atom. The zero-order valence-electron chi connectivity index (χ0n) is 8.44. The van der Waals surface area contributed by atoms with Crippen molar-refractivity contribution in [3.8, 4) is 0 Å². The average Bonchev–Trinajstić information content (AvgIpc) is 2.54. The van der Waals surface area contributed by atoms with Gasteiger partial charge in [0.1, 0.15) is 0 Å². The molecule has 3 N–H and O–H groups in total. The van der Waals surface area contributed by atoms with E-state index in [1.54, 1.807) is 0 Å². The number of nitrogens with two attached hydrogens (primary N) is 1. The molecule has 0 fully saturated rings. The lowest BCUT2D eigenvalue weighted by Gasteiger charge is -2.09. The topological polar surface area (TPSA) is 51.2 Å². The Morgan fingerprint density at radius 1 is 1.47 bits per heavy atom. The van der Waals surface area contributed by atoms with E-state index in [2.05, 4.69) is 15.9 Å². The molecule has 2 aromatic rings. The maximum atomic E-state index is 9.04. The fourth-order valence-electron chi connectivity index (χ4n) is 1.79. The van der Waals surface area contributed by atoms with Gasteiger partial charge in [-0.05, 0) is 24.3 Å². The number of aryl methyl sites for hydroxylation is 1. The number of aliphatic hydroxyl groups excluding tert-OH is 1. The number of hydrogen-bond acceptors (Lipinski definition) is 2. The summed E-state index contributed by atoms with van der Waals surface area (Å²) in [6, 6.07) is 7.77. The number of fused-ring (bicyclic) bond motifs is 1. The van der Waals surface area contributed by atoms with Gasteiger partial charge in [0.15, 0.2) is 0 Å². The summed E-state index contributed by atoms with van der Waals surface area (Å²) in [6.45, 7) is -0.0364. The minimum absolute atomic E-state index is 0.0364. The largest absolute Gasteiger partial charge is 0.394 e. The van der Waals surface area contributed by atoms with Crippen LogP contribution in [-0.2, 0) is 7.05 Å². The number of aromatic nitrogens is 1. The molecular weight excluding hydrogens is 256 g/mol. The summed E-state index contributed by atoms with van der Waals surface area (Å²) < 4.78 is 3.06. The Hall–Kier alpha value is -0.840. The number of halogens is 1. The molecule has 0 aliphatic carbocycles. The van der Waals surface area contributed by atoms with Crippen LogP contribution in [-0.4, -0.2) is 16.3 Å². The van der Waals surface area contributed by atoms with Gasteiger partial charge in [-0.15, -0.1) is 0 Å². The highest BCUT2D eigenvalue weighted by molar-refractivity contribution is 9.10. The van der Waals surface area contributed by atoms with Crippen LogP contribution in [0.5, 0.6) is 0 Å². The molecular formula is C11H13BrN2O. The van der Waals surface area contributed by atoms with Crippen molar-refractivity contribution in [2.45, 2.75) is 6.04 Å². The Labute approximate surface area is 96.6 Å². The Bertz CT molecular complexity index is 493. The highest BCUT2D eigenvalue weighted by Gasteiger charge is 2.11. The molecule has 0 amide bonds. The van der Waals surface area contributed by atoms with E-state index in [0.29, 0.717) is 0 Å². The molecule has 1 atom stereocenters. The molecule has 2 rings (SSSR count). The van der Waals surface area contributed by atoms with E-state index in [1.807, 2.05) is 35.9 Å². The average molecular weight is 269 g/mol. The molecule has 1 heterocycles. The maximum Gasteiger partial charge on any atom is 0.0685 e. The molecule has 1 aromatic carbocycles. The smallest absolute Gasteiger partial charge is 0.0685 e. The molecule has 0 saturated heterocycles. The number of benzene rings is 1. The van der Waals surface area contributed by atoms with E-state index in [4.69, 9.17) is 10.8 Å². The third-order valence-corrected chi connectivity index (χ3v) is 3.11. The quantitative estimate of drug-likeness (QED) is 0.875. The summed E-state index contributed by atoms with van der Waals surface area (Å²) in [5.74, 6) is 0. The molecule has 0 aliphatic rings. The third-order valence-electron chi connectivity index (χ3n) is 2.62. The van der Waals surface area contributed by atoms with Crippen molar-refractivity contribution in [1.82, 2.24) is 4.57 Å². The second-order valence-corrected chi connectivity index (χ2v) is 4.54. The molecule has 1 aromatic heterocycles. The van der Waals surface area contributed by atoms with Gasteiger partial charge in [-0.2, -0.15) is 0 Å². The fourth-order valence-corrected chi connectivity index (χ4v) is 2.17. The molecule has 0 saturated carbocycles. The van der Waals surface area contributed by atoms with E-state index < -0.39 is 0 Å². The van der Waals surface area contributed by atoms with Gasteiger partial charge < -0.3 is 15.4 Å². The van der Waals surface area contributed by atoms with Crippen molar-refractivity contribution in [3.63, 3.8) is 0 Å². The maximum absolute atomic E-state index is 9.04. The minimum Gasteiger partial charge on any atom is -0.394 e. The zero-order chi connectivity index (χ0) is 11.0. The van der Waals surface area contributed by atoms with Gasteiger partial charge in [-0.3, -0.25) is 0 Å². The standard InChI is InChI=1S/C11H13BrN2O/c1-14-10-3-2-8(12)4-7(10)5-11(14)9(13)6-15/h2-5,9,15H,6,13H2,1H3. The molecule has 80 valence electrons. The van der Waals surface area contributed by atoms with Crippen LogP contribution < -0.4 is 5.73 Å². The molecule has 3 nitrogen and oxygen atoms in total. The number of rotatable bonds is 2. The first-order valence-corrected chi connectivity index (χ1v) is 5.54. The van der Waals surface area contributed by atoms with Gasteiger partial charge in [0, 0.05) is 28.1 Å². The lowest BCUT2D eigenvalue weighted by molar-refractivity contribution is 0.264. The molecule has 0 spiro atoms. The molecule has 0 bridgehead atoms. The summed E-state index contributed by atoms with van der Waals surface area (Å²) in [5, 5.41) is 10.2. The van der Waals surface area contributed by atoms with E-state index in [0.717, 1.165) is 21.1 Å². The number of aliphatic hydroxyl groups is 1. The fraction of sp³-hybridized carbons (Fsp3) is 0.273. The highest BCUT2D eigenvalue weighted by Crippen LogP contribution is 2.25. The van der Waals surface area contributed by atoms with E-state index in [1.165, 1.54) is 0 Å².